The standard InChI is InChI=1S/C18H24N4O2.ClH/c1-21-8-7-20-18(21)15-12-19-6-9-22(15)13-14-4-2-5-16-17(14)24-11-3-10-23-16;/h2,4-5,7-8,15,19H,3,6,9-13H2,1H3;1H. The Morgan fingerprint density at radius 3 is 3.00 bits per heavy atom. The van der Waals surface area contributed by atoms with E-state index in [0.29, 0.717) is 6.61 Å². The number of nitrogens with zero attached hydrogens (tertiary/aromatic N) is 3. The maximum absolute atomic E-state index is 5.98. The summed E-state index contributed by atoms with van der Waals surface area (Å²) in [6.07, 6.45) is 4.80. The Morgan fingerprint density at radius 1 is 1.28 bits per heavy atom. The Balaban J connectivity index is 0.00000182. The van der Waals surface area contributed by atoms with Crippen LogP contribution in [0.15, 0.2) is 30.6 Å². The van der Waals surface area contributed by atoms with E-state index in [-0.39, 0.29) is 18.4 Å². The molecule has 1 fully saturated rings. The van der Waals surface area contributed by atoms with Gasteiger partial charge in [-0.3, -0.25) is 4.90 Å². The average Bonchev–Trinajstić information content (AvgIpc) is 2.88. The molecule has 7 heteroatoms. The van der Waals surface area contributed by atoms with Crippen molar-refractivity contribution in [1.82, 2.24) is 19.8 Å². The second-order valence-corrected chi connectivity index (χ2v) is 6.38. The summed E-state index contributed by atoms with van der Waals surface area (Å²) < 4.78 is 13.9. The Kier molecular flexibility index (Phi) is 5.83. The molecule has 6 nitrogen and oxygen atoms in total. The summed E-state index contributed by atoms with van der Waals surface area (Å²) in [5.41, 5.74) is 1.19. The van der Waals surface area contributed by atoms with E-state index in [9.17, 15) is 0 Å². The summed E-state index contributed by atoms with van der Waals surface area (Å²) in [5, 5.41) is 3.49. The molecule has 0 aliphatic carbocycles. The molecule has 1 saturated heterocycles. The van der Waals surface area contributed by atoms with Crippen LogP contribution in [0.5, 0.6) is 11.5 Å². The second-order valence-electron chi connectivity index (χ2n) is 6.38. The van der Waals surface area contributed by atoms with Gasteiger partial charge in [0, 0.05) is 57.6 Å². The maximum atomic E-state index is 5.98. The molecule has 2 aliphatic heterocycles. The molecule has 136 valence electrons. The molecule has 1 aromatic carbocycles. The van der Waals surface area contributed by atoms with Crippen LogP contribution in [0.3, 0.4) is 0 Å². The third-order valence-corrected chi connectivity index (χ3v) is 4.74. The number of nitrogens with one attached hydrogen (secondary N) is 1. The largest absolute Gasteiger partial charge is 0.490 e. The van der Waals surface area contributed by atoms with Crippen molar-refractivity contribution in [3.05, 3.63) is 42.0 Å². The Morgan fingerprint density at radius 2 is 2.16 bits per heavy atom. The lowest BCUT2D eigenvalue weighted by atomic mass is 10.1. The van der Waals surface area contributed by atoms with E-state index in [1.54, 1.807) is 0 Å². The minimum Gasteiger partial charge on any atom is -0.490 e. The number of hydrogen-bond donors (Lipinski definition) is 1. The van der Waals surface area contributed by atoms with Gasteiger partial charge in [0.1, 0.15) is 5.82 Å². The lowest BCUT2D eigenvalue weighted by Gasteiger charge is -2.36. The molecule has 0 radical (unpaired) electrons. The van der Waals surface area contributed by atoms with Gasteiger partial charge in [-0.1, -0.05) is 12.1 Å². The molecule has 1 unspecified atom stereocenters. The molecule has 4 rings (SSSR count). The third kappa shape index (κ3) is 3.76. The van der Waals surface area contributed by atoms with Crippen LogP contribution in [-0.2, 0) is 13.6 Å². The summed E-state index contributed by atoms with van der Waals surface area (Å²) in [4.78, 5) is 7.03. The average molecular weight is 365 g/mol. The van der Waals surface area contributed by atoms with Gasteiger partial charge in [-0.25, -0.2) is 4.98 Å². The molecule has 0 amide bonds. The summed E-state index contributed by atoms with van der Waals surface area (Å²) >= 11 is 0. The lowest BCUT2D eigenvalue weighted by molar-refractivity contribution is 0.142. The molecule has 0 saturated carbocycles. The fourth-order valence-electron chi connectivity index (χ4n) is 3.49. The van der Waals surface area contributed by atoms with Crippen molar-refractivity contribution < 1.29 is 9.47 Å². The zero-order chi connectivity index (χ0) is 16.4. The van der Waals surface area contributed by atoms with Gasteiger partial charge >= 0.3 is 0 Å². The Labute approximate surface area is 154 Å². The van der Waals surface area contributed by atoms with Gasteiger partial charge in [0.25, 0.3) is 0 Å². The fraction of sp³-hybridized carbons (Fsp3) is 0.500. The number of ether oxygens (including phenoxy) is 2. The van der Waals surface area contributed by atoms with Crippen LogP contribution in [0, 0.1) is 0 Å². The number of rotatable bonds is 3. The maximum Gasteiger partial charge on any atom is 0.165 e. The van der Waals surface area contributed by atoms with Gasteiger partial charge < -0.3 is 19.4 Å². The molecule has 0 bridgehead atoms. The number of benzene rings is 1. The topological polar surface area (TPSA) is 51.6 Å². The second kappa shape index (κ2) is 8.08. The van der Waals surface area contributed by atoms with Crippen LogP contribution in [0.1, 0.15) is 23.9 Å². The molecule has 1 aromatic heterocycles. The van der Waals surface area contributed by atoms with E-state index in [1.165, 1.54) is 5.56 Å². The van der Waals surface area contributed by atoms with E-state index < -0.39 is 0 Å². The summed E-state index contributed by atoms with van der Waals surface area (Å²) in [6, 6.07) is 6.46. The fourth-order valence-corrected chi connectivity index (χ4v) is 3.49. The van der Waals surface area contributed by atoms with Gasteiger partial charge in [0.15, 0.2) is 11.5 Å². The third-order valence-electron chi connectivity index (χ3n) is 4.74. The van der Waals surface area contributed by atoms with Crippen molar-refractivity contribution in [1.29, 1.82) is 0 Å². The quantitative estimate of drug-likeness (QED) is 0.904. The number of halogens is 1. The van der Waals surface area contributed by atoms with Crippen LogP contribution in [0.25, 0.3) is 0 Å². The molecule has 3 heterocycles. The van der Waals surface area contributed by atoms with Crippen molar-refractivity contribution >= 4 is 12.4 Å². The zero-order valence-electron chi connectivity index (χ0n) is 14.5. The molecule has 2 aromatic rings. The van der Waals surface area contributed by atoms with Crippen molar-refractivity contribution in [3.63, 3.8) is 0 Å². The molecular formula is C18H25ClN4O2. The molecule has 0 spiro atoms. The number of hydrogen-bond acceptors (Lipinski definition) is 5. The molecule has 25 heavy (non-hydrogen) atoms. The number of imidazole rings is 1. The highest BCUT2D eigenvalue weighted by Crippen LogP contribution is 2.35. The van der Waals surface area contributed by atoms with Crippen molar-refractivity contribution in [2.75, 3.05) is 32.8 Å². The van der Waals surface area contributed by atoms with E-state index in [1.807, 2.05) is 18.5 Å². The predicted octanol–water partition coefficient (Wildman–Crippen LogP) is 2.15. The van der Waals surface area contributed by atoms with Gasteiger partial charge in [0.2, 0.25) is 0 Å². The van der Waals surface area contributed by atoms with Crippen molar-refractivity contribution in [3.8, 4) is 11.5 Å². The van der Waals surface area contributed by atoms with Crippen LogP contribution in [0.2, 0.25) is 0 Å². The minimum absolute atomic E-state index is 0. The highest BCUT2D eigenvalue weighted by atomic mass is 35.5. The van der Waals surface area contributed by atoms with Crippen LogP contribution < -0.4 is 14.8 Å². The monoisotopic (exact) mass is 364 g/mol. The molecule has 1 N–H and O–H groups in total. The Bertz CT molecular complexity index is 706. The van der Waals surface area contributed by atoms with E-state index >= 15 is 0 Å². The molecule has 1 atom stereocenters. The Hall–Kier alpha value is -1.76. The minimum atomic E-state index is 0. The van der Waals surface area contributed by atoms with Crippen molar-refractivity contribution in [2.45, 2.75) is 19.0 Å². The van der Waals surface area contributed by atoms with Gasteiger partial charge in [-0.2, -0.15) is 0 Å². The van der Waals surface area contributed by atoms with E-state index in [4.69, 9.17) is 9.47 Å². The number of piperazine rings is 1. The normalized spacial score (nSPS) is 20.6. The number of aryl methyl sites for hydroxylation is 1. The van der Waals surface area contributed by atoms with Crippen LogP contribution in [-0.4, -0.2) is 47.3 Å². The first-order chi connectivity index (χ1) is 11.8. The summed E-state index contributed by atoms with van der Waals surface area (Å²) in [7, 11) is 2.06. The number of aromatic nitrogens is 2. The number of para-hydroxylation sites is 1. The highest BCUT2D eigenvalue weighted by molar-refractivity contribution is 5.85. The summed E-state index contributed by atoms with van der Waals surface area (Å²) in [5.74, 6) is 2.88. The van der Waals surface area contributed by atoms with E-state index in [0.717, 1.165) is 56.5 Å². The first kappa shape index (κ1) is 18.0. The van der Waals surface area contributed by atoms with Crippen LogP contribution >= 0.6 is 12.4 Å². The molecule has 2 aliphatic rings. The zero-order valence-corrected chi connectivity index (χ0v) is 15.3. The van der Waals surface area contributed by atoms with Gasteiger partial charge in [0.05, 0.1) is 19.3 Å². The van der Waals surface area contributed by atoms with Gasteiger partial charge in [-0.05, 0) is 6.07 Å². The number of fused-ring (bicyclic) bond motifs is 1. The summed E-state index contributed by atoms with van der Waals surface area (Å²) in [6.45, 7) is 5.17. The predicted molar refractivity (Wildman–Crippen MR) is 98.5 cm³/mol. The smallest absolute Gasteiger partial charge is 0.165 e. The SMILES string of the molecule is Cl.Cn1ccnc1C1CNCCN1Cc1cccc2c1OCCCO2. The van der Waals surface area contributed by atoms with E-state index in [2.05, 4.69) is 38.9 Å². The van der Waals surface area contributed by atoms with Gasteiger partial charge in [-0.15, -0.1) is 12.4 Å². The highest BCUT2D eigenvalue weighted by Gasteiger charge is 2.28. The first-order valence-corrected chi connectivity index (χ1v) is 8.62. The van der Waals surface area contributed by atoms with Crippen LogP contribution in [0.4, 0.5) is 0 Å². The first-order valence-electron chi connectivity index (χ1n) is 8.62. The lowest BCUT2D eigenvalue weighted by Crippen LogP contribution is -2.46. The molecular weight excluding hydrogens is 340 g/mol. The van der Waals surface area contributed by atoms with Crippen molar-refractivity contribution in [2.24, 2.45) is 7.05 Å².